The molecule has 0 saturated heterocycles. The average Bonchev–Trinajstić information content (AvgIpc) is 2.45. The van der Waals surface area contributed by atoms with Crippen LogP contribution in [-0.4, -0.2) is 28.9 Å². The molecule has 0 saturated carbocycles. The van der Waals surface area contributed by atoms with E-state index in [0.717, 1.165) is 7.11 Å². The van der Waals surface area contributed by atoms with Crippen molar-refractivity contribution < 1.29 is 29.3 Å². The number of carbonyl (C=O) groups is 2. The van der Waals surface area contributed by atoms with Crippen molar-refractivity contribution in [1.82, 2.24) is 0 Å². The van der Waals surface area contributed by atoms with Gasteiger partial charge in [-0.05, 0) is 6.92 Å². The van der Waals surface area contributed by atoms with E-state index in [2.05, 4.69) is 4.74 Å². The highest BCUT2D eigenvalue weighted by molar-refractivity contribution is 6.21. The Bertz CT molecular complexity index is 770. The van der Waals surface area contributed by atoms with Crippen LogP contribution in [0.15, 0.2) is 32.6 Å². The van der Waals surface area contributed by atoms with Crippen molar-refractivity contribution in [3.05, 3.63) is 49.0 Å². The van der Waals surface area contributed by atoms with Gasteiger partial charge in [-0.15, -0.1) is 0 Å². The Labute approximate surface area is 110 Å². The number of carbonyl (C=O) groups excluding carboxylic acids is 2. The number of ketones is 2. The Morgan fingerprint density at radius 3 is 1.85 bits per heavy atom. The van der Waals surface area contributed by atoms with E-state index in [9.17, 15) is 29.4 Å². The molecule has 0 spiro atoms. The Kier molecular flexibility index (Phi) is 2.93. The van der Waals surface area contributed by atoms with Gasteiger partial charge < -0.3 is 19.7 Å². The largest absolute Gasteiger partial charge is 0.501 e. The van der Waals surface area contributed by atoms with Gasteiger partial charge in [-0.2, -0.15) is 0 Å². The number of rotatable bonds is 3. The summed E-state index contributed by atoms with van der Waals surface area (Å²) in [4.78, 5) is 45.5. The Morgan fingerprint density at radius 2 is 1.35 bits per heavy atom. The van der Waals surface area contributed by atoms with Gasteiger partial charge >= 0.3 is 0 Å². The zero-order chi connectivity index (χ0) is 15.2. The molecule has 0 heterocycles. The summed E-state index contributed by atoms with van der Waals surface area (Å²) in [5, 5.41) is 19.0. The fraction of sp³-hybridized carbons (Fsp3) is 0.167. The van der Waals surface area contributed by atoms with Gasteiger partial charge in [0.15, 0.2) is 5.75 Å². The molecule has 2 rings (SSSR count). The standard InChI is InChI=1S/C12H8O8/c1-3-4(13)5(14)10(3)20-12-8(17)6(15)11(19-2)7(16)9(12)18/h15,18H,1-2H3. The number of hydrogen-bond acceptors (Lipinski definition) is 8. The first-order chi connectivity index (χ1) is 9.31. The van der Waals surface area contributed by atoms with E-state index < -0.39 is 51.2 Å². The minimum atomic E-state index is -1.23. The summed E-state index contributed by atoms with van der Waals surface area (Å²) in [6.07, 6.45) is 0. The fourth-order valence-corrected chi connectivity index (χ4v) is 1.63. The van der Waals surface area contributed by atoms with Crippen LogP contribution < -0.4 is 15.6 Å². The van der Waals surface area contributed by atoms with Crippen molar-refractivity contribution in [2.45, 2.75) is 6.92 Å². The predicted molar refractivity (Wildman–Crippen MR) is 63.1 cm³/mol. The highest BCUT2D eigenvalue weighted by atomic mass is 16.5. The van der Waals surface area contributed by atoms with Crippen LogP contribution in [0.2, 0.25) is 0 Å². The summed E-state index contributed by atoms with van der Waals surface area (Å²) < 4.78 is 9.29. The Hall–Kier alpha value is -2.90. The second-order valence-corrected chi connectivity index (χ2v) is 3.93. The lowest BCUT2D eigenvalue weighted by Crippen LogP contribution is -2.37. The molecule has 8 nitrogen and oxygen atoms in total. The Morgan fingerprint density at radius 1 is 0.850 bits per heavy atom. The normalized spacial score (nSPS) is 16.1. The minimum absolute atomic E-state index is 0.0449. The molecular weight excluding hydrogens is 272 g/mol. The third-order valence-corrected chi connectivity index (χ3v) is 2.77. The van der Waals surface area contributed by atoms with E-state index in [1.54, 1.807) is 0 Å². The van der Waals surface area contributed by atoms with E-state index in [0.29, 0.717) is 0 Å². The average molecular weight is 280 g/mol. The number of aliphatic hydroxyl groups is 2. The molecule has 0 radical (unpaired) electrons. The Balaban J connectivity index is 2.46. The van der Waals surface area contributed by atoms with Gasteiger partial charge in [0, 0.05) is 5.56 Å². The molecule has 0 unspecified atom stereocenters. The minimum Gasteiger partial charge on any atom is -0.501 e. The zero-order valence-corrected chi connectivity index (χ0v) is 10.3. The van der Waals surface area contributed by atoms with Crippen molar-refractivity contribution in [2.75, 3.05) is 7.11 Å². The second-order valence-electron chi connectivity index (χ2n) is 3.93. The maximum absolute atomic E-state index is 11.7. The van der Waals surface area contributed by atoms with Crippen LogP contribution >= 0.6 is 0 Å². The molecule has 8 heteroatoms. The van der Waals surface area contributed by atoms with Crippen LogP contribution in [0.5, 0.6) is 5.75 Å². The number of hydrogen-bond donors (Lipinski definition) is 2. The van der Waals surface area contributed by atoms with Gasteiger partial charge in [0.2, 0.25) is 28.5 Å². The van der Waals surface area contributed by atoms with Gasteiger partial charge in [-0.3, -0.25) is 19.2 Å². The smallest absolute Gasteiger partial charge is 0.270 e. The molecule has 0 fully saturated rings. The van der Waals surface area contributed by atoms with Gasteiger partial charge in [0.25, 0.3) is 17.0 Å². The van der Waals surface area contributed by atoms with Gasteiger partial charge in [0.05, 0.1) is 7.11 Å². The zero-order valence-electron chi connectivity index (χ0n) is 10.3. The molecule has 2 N–H and O–H groups in total. The van der Waals surface area contributed by atoms with Gasteiger partial charge in [-0.25, -0.2) is 0 Å². The van der Waals surface area contributed by atoms with Gasteiger partial charge in [0.1, 0.15) is 0 Å². The van der Waals surface area contributed by atoms with E-state index >= 15 is 0 Å². The number of methoxy groups -OCH3 is 1. The first-order valence-corrected chi connectivity index (χ1v) is 5.28. The number of Topliss-reactive ketones (excluding diaryl/α,β-unsaturated/α-hetero) is 2. The highest BCUT2D eigenvalue weighted by Gasteiger charge is 2.39. The van der Waals surface area contributed by atoms with Crippen molar-refractivity contribution in [1.29, 1.82) is 0 Å². The molecule has 0 bridgehead atoms. The predicted octanol–water partition coefficient (Wildman–Crippen LogP) is -0.693. The van der Waals surface area contributed by atoms with E-state index in [4.69, 9.17) is 4.74 Å². The van der Waals surface area contributed by atoms with Crippen LogP contribution in [0.3, 0.4) is 0 Å². The first kappa shape index (κ1) is 13.5. The summed E-state index contributed by atoms with van der Waals surface area (Å²) in [6, 6.07) is 0. The highest BCUT2D eigenvalue weighted by Crippen LogP contribution is 2.25. The van der Waals surface area contributed by atoms with Crippen molar-refractivity contribution in [3.8, 4) is 5.75 Å². The SMILES string of the molecule is COC1=C(O)C(=O)C(Oc2c(C)c(=O)c2=O)=C(O)C1=O. The van der Waals surface area contributed by atoms with Crippen LogP contribution in [-0.2, 0) is 14.3 Å². The van der Waals surface area contributed by atoms with Crippen LogP contribution in [0.4, 0.5) is 0 Å². The molecule has 104 valence electrons. The molecular formula is C12H8O8. The van der Waals surface area contributed by atoms with Crippen molar-refractivity contribution in [2.24, 2.45) is 0 Å². The quantitative estimate of drug-likeness (QED) is 0.550. The summed E-state index contributed by atoms with van der Waals surface area (Å²) in [5.41, 5.74) is -1.81. The lowest BCUT2D eigenvalue weighted by atomic mass is 10.0. The molecule has 0 aliphatic heterocycles. The summed E-state index contributed by atoms with van der Waals surface area (Å²) >= 11 is 0. The van der Waals surface area contributed by atoms with Gasteiger partial charge in [-0.1, -0.05) is 0 Å². The fourth-order valence-electron chi connectivity index (χ4n) is 1.63. The molecule has 0 aromatic heterocycles. The maximum Gasteiger partial charge on any atom is 0.270 e. The molecule has 1 aromatic carbocycles. The number of ether oxygens (including phenoxy) is 2. The maximum atomic E-state index is 11.7. The third kappa shape index (κ3) is 1.62. The molecule has 1 aliphatic rings. The summed E-state index contributed by atoms with van der Waals surface area (Å²) in [7, 11) is 1.02. The molecule has 0 atom stereocenters. The first-order valence-electron chi connectivity index (χ1n) is 5.28. The van der Waals surface area contributed by atoms with Crippen LogP contribution in [0, 0.1) is 6.92 Å². The van der Waals surface area contributed by atoms with E-state index in [1.807, 2.05) is 0 Å². The monoisotopic (exact) mass is 280 g/mol. The molecule has 1 aromatic rings. The lowest BCUT2D eigenvalue weighted by molar-refractivity contribution is -0.124. The van der Waals surface area contributed by atoms with Crippen LogP contribution in [0.25, 0.3) is 0 Å². The van der Waals surface area contributed by atoms with Crippen molar-refractivity contribution in [3.63, 3.8) is 0 Å². The number of aliphatic hydroxyl groups excluding tert-OH is 2. The summed E-state index contributed by atoms with van der Waals surface area (Å²) in [5.74, 6) is -6.68. The van der Waals surface area contributed by atoms with E-state index in [1.165, 1.54) is 6.92 Å². The molecule has 20 heavy (non-hydrogen) atoms. The topological polar surface area (TPSA) is 127 Å². The van der Waals surface area contributed by atoms with Crippen molar-refractivity contribution >= 4 is 11.6 Å². The second kappa shape index (κ2) is 4.34. The van der Waals surface area contributed by atoms with E-state index in [-0.39, 0.29) is 5.56 Å². The third-order valence-electron chi connectivity index (χ3n) is 2.77. The lowest BCUT2D eigenvalue weighted by Gasteiger charge is -2.17. The molecule has 1 aliphatic carbocycles. The summed E-state index contributed by atoms with van der Waals surface area (Å²) in [6.45, 7) is 1.28. The molecule has 0 amide bonds. The van der Waals surface area contributed by atoms with Crippen LogP contribution in [0.1, 0.15) is 5.56 Å².